The first-order valence-electron chi connectivity index (χ1n) is 6.64. The van der Waals surface area contributed by atoms with Crippen LogP contribution < -0.4 is 15.8 Å². The third kappa shape index (κ3) is 4.87. The van der Waals surface area contributed by atoms with Gasteiger partial charge in [-0.05, 0) is 33.8 Å². The molecule has 0 aliphatic carbocycles. The Morgan fingerprint density at radius 3 is 2.37 bits per heavy atom. The van der Waals surface area contributed by atoms with Crippen LogP contribution in [0.15, 0.2) is 27.6 Å². The molecule has 0 aliphatic rings. The molecule has 5 nitrogen and oxygen atoms in total. The van der Waals surface area contributed by atoms with Crippen molar-refractivity contribution in [3.05, 3.63) is 34.4 Å². The summed E-state index contributed by atoms with van der Waals surface area (Å²) in [6, 6.07) is 3.75. The Labute approximate surface area is 113 Å². The highest BCUT2D eigenvalue weighted by Gasteiger charge is 2.17. The van der Waals surface area contributed by atoms with Crippen LogP contribution in [0.4, 0.5) is 0 Å². The topological polar surface area (TPSA) is 63.8 Å². The van der Waals surface area contributed by atoms with Gasteiger partial charge in [0.25, 0.3) is 5.91 Å². The van der Waals surface area contributed by atoms with E-state index in [9.17, 15) is 9.59 Å². The van der Waals surface area contributed by atoms with Crippen LogP contribution in [0.25, 0.3) is 0 Å². The largest absolute Gasteiger partial charge is 0.430 e. The first-order valence-corrected chi connectivity index (χ1v) is 6.64. The molecule has 0 fully saturated rings. The maximum absolute atomic E-state index is 11.8. The molecule has 5 heteroatoms. The Kier molecular flexibility index (Phi) is 5.76. The Bertz CT molecular complexity index is 438. The van der Waals surface area contributed by atoms with Crippen molar-refractivity contribution in [3.63, 3.8) is 0 Å². The molecule has 1 aromatic rings. The molecule has 0 aromatic carbocycles. The van der Waals surface area contributed by atoms with Gasteiger partial charge in [0.1, 0.15) is 6.26 Å². The molecule has 0 aliphatic heterocycles. The van der Waals surface area contributed by atoms with Gasteiger partial charge in [0.2, 0.25) is 0 Å². The minimum absolute atomic E-state index is 0.212. The quantitative estimate of drug-likeness (QED) is 0.767. The van der Waals surface area contributed by atoms with Gasteiger partial charge in [-0.1, -0.05) is 0 Å². The lowest BCUT2D eigenvalue weighted by Gasteiger charge is -2.27. The van der Waals surface area contributed by atoms with Gasteiger partial charge in [0.15, 0.2) is 0 Å². The van der Waals surface area contributed by atoms with E-state index in [1.54, 1.807) is 0 Å². The molecule has 1 aromatic heterocycles. The highest BCUT2D eigenvalue weighted by atomic mass is 16.4. The molecule has 0 spiro atoms. The molecule has 1 amide bonds. The van der Waals surface area contributed by atoms with Crippen molar-refractivity contribution in [2.24, 2.45) is 0 Å². The molecular formula is C14H23N2O3+. The molecule has 0 saturated heterocycles. The fourth-order valence-electron chi connectivity index (χ4n) is 2.15. The summed E-state index contributed by atoms with van der Waals surface area (Å²) in [6.45, 7) is 10.2. The van der Waals surface area contributed by atoms with Gasteiger partial charge in [-0.2, -0.15) is 0 Å². The van der Waals surface area contributed by atoms with Gasteiger partial charge >= 0.3 is 5.63 Å². The molecule has 2 N–H and O–H groups in total. The Morgan fingerprint density at radius 1 is 1.26 bits per heavy atom. The molecule has 0 atom stereocenters. The fourth-order valence-corrected chi connectivity index (χ4v) is 2.15. The van der Waals surface area contributed by atoms with Crippen molar-refractivity contribution in [1.29, 1.82) is 0 Å². The van der Waals surface area contributed by atoms with E-state index in [0.29, 0.717) is 24.2 Å². The number of carbonyl (C=O) groups excluding carboxylic acids is 1. The van der Waals surface area contributed by atoms with E-state index in [-0.39, 0.29) is 5.91 Å². The van der Waals surface area contributed by atoms with E-state index in [1.165, 1.54) is 23.3 Å². The summed E-state index contributed by atoms with van der Waals surface area (Å²) in [5.74, 6) is -0.212. The normalized spacial score (nSPS) is 11.3. The summed E-state index contributed by atoms with van der Waals surface area (Å²) >= 11 is 0. The summed E-state index contributed by atoms with van der Waals surface area (Å²) in [6.07, 6.45) is 1.19. The van der Waals surface area contributed by atoms with Gasteiger partial charge < -0.3 is 14.6 Å². The van der Waals surface area contributed by atoms with E-state index in [4.69, 9.17) is 0 Å². The van der Waals surface area contributed by atoms with Gasteiger partial charge in [0, 0.05) is 6.07 Å². The summed E-state index contributed by atoms with van der Waals surface area (Å²) < 4.78 is 4.66. The third-order valence-corrected chi connectivity index (χ3v) is 3.15. The average Bonchev–Trinajstić information content (AvgIpc) is 2.34. The number of amides is 1. The summed E-state index contributed by atoms with van der Waals surface area (Å²) in [4.78, 5) is 24.0. The second-order valence-corrected chi connectivity index (χ2v) is 5.23. The number of quaternary nitrogens is 1. The van der Waals surface area contributed by atoms with E-state index in [1.807, 2.05) is 0 Å². The summed E-state index contributed by atoms with van der Waals surface area (Å²) in [7, 11) is 0. The van der Waals surface area contributed by atoms with Crippen LogP contribution in [-0.2, 0) is 0 Å². The van der Waals surface area contributed by atoms with Gasteiger partial charge in [0.05, 0.1) is 30.7 Å². The summed E-state index contributed by atoms with van der Waals surface area (Å²) in [5.41, 5.74) is -0.0815. The molecule has 106 valence electrons. The molecule has 0 saturated carbocycles. The standard InChI is InChI=1S/C14H22N2O3/c1-10(2)16(11(3)4)8-7-15-14(18)12-5-6-13(17)19-9-12/h5-6,9-11H,7-8H2,1-4H3,(H,15,18)/p+1. The van der Waals surface area contributed by atoms with Crippen molar-refractivity contribution >= 4 is 5.91 Å². The van der Waals surface area contributed by atoms with Crippen LogP contribution in [0.1, 0.15) is 38.1 Å². The highest BCUT2D eigenvalue weighted by molar-refractivity contribution is 5.93. The van der Waals surface area contributed by atoms with Crippen LogP contribution in [-0.4, -0.2) is 31.1 Å². The number of nitrogens with one attached hydrogen (secondary N) is 2. The van der Waals surface area contributed by atoms with Crippen LogP contribution in [0.2, 0.25) is 0 Å². The van der Waals surface area contributed by atoms with Crippen LogP contribution >= 0.6 is 0 Å². The van der Waals surface area contributed by atoms with Crippen molar-refractivity contribution in [3.8, 4) is 0 Å². The zero-order valence-corrected chi connectivity index (χ0v) is 12.0. The lowest BCUT2D eigenvalue weighted by molar-refractivity contribution is -0.941. The minimum atomic E-state index is -0.452. The Morgan fingerprint density at radius 2 is 1.89 bits per heavy atom. The molecule has 19 heavy (non-hydrogen) atoms. The minimum Gasteiger partial charge on any atom is -0.430 e. The second-order valence-electron chi connectivity index (χ2n) is 5.23. The Balaban J connectivity index is 2.46. The number of carbonyl (C=O) groups is 1. The van der Waals surface area contributed by atoms with Crippen molar-refractivity contribution in [2.75, 3.05) is 13.1 Å². The monoisotopic (exact) mass is 267 g/mol. The number of hydrogen-bond donors (Lipinski definition) is 2. The van der Waals surface area contributed by atoms with Crippen LogP contribution in [0, 0.1) is 0 Å². The molecule has 0 radical (unpaired) electrons. The maximum Gasteiger partial charge on any atom is 0.335 e. The fraction of sp³-hybridized carbons (Fsp3) is 0.571. The number of rotatable bonds is 6. The predicted molar refractivity (Wildman–Crippen MR) is 73.4 cm³/mol. The van der Waals surface area contributed by atoms with Gasteiger partial charge in [-0.15, -0.1) is 0 Å². The molecular weight excluding hydrogens is 244 g/mol. The molecule has 0 unspecified atom stereocenters. The van der Waals surface area contributed by atoms with Crippen LogP contribution in [0.3, 0.4) is 0 Å². The first-order chi connectivity index (χ1) is 8.91. The first kappa shape index (κ1) is 15.4. The molecule has 1 heterocycles. The van der Waals surface area contributed by atoms with Gasteiger partial charge in [-0.3, -0.25) is 4.79 Å². The van der Waals surface area contributed by atoms with E-state index in [2.05, 4.69) is 37.4 Å². The molecule has 1 rings (SSSR count). The Hall–Kier alpha value is -1.62. The van der Waals surface area contributed by atoms with Crippen molar-refractivity contribution in [2.45, 2.75) is 39.8 Å². The SMILES string of the molecule is CC(C)[NH+](CCNC(=O)c1ccc(=O)oc1)C(C)C. The molecule has 0 bridgehead atoms. The van der Waals surface area contributed by atoms with E-state index in [0.717, 1.165) is 6.54 Å². The number of hydrogen-bond acceptors (Lipinski definition) is 3. The van der Waals surface area contributed by atoms with E-state index >= 15 is 0 Å². The predicted octanol–water partition coefficient (Wildman–Crippen LogP) is 0.0713. The summed E-state index contributed by atoms with van der Waals surface area (Å²) in [5, 5.41) is 2.84. The average molecular weight is 267 g/mol. The lowest BCUT2D eigenvalue weighted by atomic mass is 10.2. The van der Waals surface area contributed by atoms with Crippen molar-refractivity contribution in [1.82, 2.24) is 5.32 Å². The smallest absolute Gasteiger partial charge is 0.335 e. The highest BCUT2D eigenvalue weighted by Crippen LogP contribution is 1.93. The second kappa shape index (κ2) is 7.09. The zero-order chi connectivity index (χ0) is 14.4. The zero-order valence-electron chi connectivity index (χ0n) is 12.0. The maximum atomic E-state index is 11.8. The third-order valence-electron chi connectivity index (χ3n) is 3.15. The van der Waals surface area contributed by atoms with Crippen molar-refractivity contribution < 1.29 is 14.1 Å². The van der Waals surface area contributed by atoms with Crippen LogP contribution in [0.5, 0.6) is 0 Å². The lowest BCUT2D eigenvalue weighted by Crippen LogP contribution is -3.18. The van der Waals surface area contributed by atoms with Gasteiger partial charge in [-0.25, -0.2) is 4.79 Å². The van der Waals surface area contributed by atoms with E-state index < -0.39 is 5.63 Å².